The molecule has 1 aromatic heterocycles. The Balaban J connectivity index is 1.59. The minimum atomic E-state index is -0.577. The molecule has 0 unspecified atom stereocenters. The fourth-order valence-electron chi connectivity index (χ4n) is 4.05. The second kappa shape index (κ2) is 9.63. The first-order valence-electron chi connectivity index (χ1n) is 11.3. The molecule has 1 saturated heterocycles. The molecule has 2 amide bonds. The van der Waals surface area contributed by atoms with Crippen LogP contribution in [-0.2, 0) is 9.59 Å². The number of benzene rings is 3. The molecule has 2 heterocycles. The number of furan rings is 1. The lowest BCUT2D eigenvalue weighted by molar-refractivity contribution is -0.729. The van der Waals surface area contributed by atoms with Crippen molar-refractivity contribution < 1.29 is 24.1 Å². The molecular formula is C28H20N3O5S+. The van der Waals surface area contributed by atoms with Crippen molar-refractivity contribution in [2.24, 2.45) is 0 Å². The fourth-order valence-corrected chi connectivity index (χ4v) is 4.43. The van der Waals surface area contributed by atoms with Gasteiger partial charge in [-0.2, -0.15) is 0 Å². The smallest absolute Gasteiger partial charge is 0.317 e. The average molecular weight is 511 g/mol. The van der Waals surface area contributed by atoms with E-state index in [-0.39, 0.29) is 27.1 Å². The lowest BCUT2D eigenvalue weighted by atomic mass is 10.1. The van der Waals surface area contributed by atoms with Gasteiger partial charge in [0.2, 0.25) is 0 Å². The highest BCUT2D eigenvalue weighted by atomic mass is 32.1. The molecule has 5 rings (SSSR count). The van der Waals surface area contributed by atoms with E-state index in [0.29, 0.717) is 22.7 Å². The maximum Gasteiger partial charge on any atom is 0.317 e. The molecule has 8 nitrogen and oxygen atoms in total. The topological polar surface area (TPSA) is 94.1 Å². The molecule has 0 saturated carbocycles. The summed E-state index contributed by atoms with van der Waals surface area (Å²) in [5.74, 6) is -0.494. The van der Waals surface area contributed by atoms with Crippen LogP contribution in [0.15, 0.2) is 101 Å². The molecule has 1 aliphatic rings. The largest absolute Gasteiger partial charge is 0.457 e. The van der Waals surface area contributed by atoms with Crippen molar-refractivity contribution in [2.75, 3.05) is 9.80 Å². The molecule has 9 heteroatoms. The van der Waals surface area contributed by atoms with Crippen LogP contribution in [-0.4, -0.2) is 27.1 Å². The number of hydrogen-bond acceptors (Lipinski definition) is 5. The van der Waals surface area contributed by atoms with Crippen LogP contribution in [0.25, 0.3) is 17.4 Å². The fraction of sp³-hybridized carbons (Fsp3) is 0.0357. The zero-order chi connectivity index (χ0) is 26.1. The molecule has 0 spiro atoms. The van der Waals surface area contributed by atoms with Crippen molar-refractivity contribution in [2.45, 2.75) is 6.92 Å². The number of hydrogen-bond donors (Lipinski definition) is 1. The predicted molar refractivity (Wildman–Crippen MR) is 142 cm³/mol. The Morgan fingerprint density at radius 1 is 0.838 bits per heavy atom. The standard InChI is InChI=1S/C28H20N3O5S/c1-18-12-13-21(31(34)35)16-23(18)25-15-14-22(36-25)17-24-26(32)29(19-8-4-2-5-9-19)28(37)30(27(24)33)20-10-6-3-7-11-20/h2-17H,1H3,(H,34,35)/q+1. The zero-order valence-corrected chi connectivity index (χ0v) is 20.4. The molecule has 1 fully saturated rings. The van der Waals surface area contributed by atoms with Gasteiger partial charge in [-0.05, 0) is 67.2 Å². The molecule has 0 radical (unpaired) electrons. The Morgan fingerprint density at radius 2 is 1.41 bits per heavy atom. The van der Waals surface area contributed by atoms with Crippen molar-refractivity contribution in [3.8, 4) is 11.3 Å². The van der Waals surface area contributed by atoms with Crippen LogP contribution in [0, 0.1) is 11.8 Å². The minimum Gasteiger partial charge on any atom is -0.457 e. The molecular weight excluding hydrogens is 490 g/mol. The molecule has 1 aliphatic heterocycles. The van der Waals surface area contributed by atoms with Crippen molar-refractivity contribution >= 4 is 52.3 Å². The van der Waals surface area contributed by atoms with E-state index in [0.717, 1.165) is 5.56 Å². The van der Waals surface area contributed by atoms with Crippen LogP contribution in [0.3, 0.4) is 0 Å². The van der Waals surface area contributed by atoms with Crippen LogP contribution >= 0.6 is 12.2 Å². The highest BCUT2D eigenvalue weighted by Gasteiger charge is 2.41. The van der Waals surface area contributed by atoms with Crippen molar-refractivity contribution in [1.82, 2.24) is 0 Å². The van der Waals surface area contributed by atoms with Gasteiger partial charge < -0.3 is 4.42 Å². The molecule has 182 valence electrons. The number of thiocarbonyl (C=S) groups is 1. The third-order valence-electron chi connectivity index (χ3n) is 5.90. The van der Waals surface area contributed by atoms with Crippen LogP contribution in [0.4, 0.5) is 17.1 Å². The lowest BCUT2D eigenvalue weighted by Gasteiger charge is -2.36. The summed E-state index contributed by atoms with van der Waals surface area (Å²) >= 11 is 5.61. The summed E-state index contributed by atoms with van der Waals surface area (Å²) in [6.07, 6.45) is 1.38. The van der Waals surface area contributed by atoms with Crippen molar-refractivity contribution in [1.29, 1.82) is 0 Å². The number of carbonyl (C=O) groups is 2. The van der Waals surface area contributed by atoms with Crippen molar-refractivity contribution in [3.05, 3.63) is 113 Å². The first-order valence-corrected chi connectivity index (χ1v) is 11.7. The zero-order valence-electron chi connectivity index (χ0n) is 19.6. The van der Waals surface area contributed by atoms with E-state index in [1.807, 2.05) is 19.1 Å². The Morgan fingerprint density at radius 3 is 1.95 bits per heavy atom. The average Bonchev–Trinajstić information content (AvgIpc) is 3.36. The Kier molecular flexibility index (Phi) is 6.21. The number of carbonyl (C=O) groups excluding carboxylic acids is 2. The second-order valence-electron chi connectivity index (χ2n) is 8.27. The number of nitrogens with zero attached hydrogens (tertiary/aromatic N) is 3. The van der Waals surface area contributed by atoms with Gasteiger partial charge in [-0.1, -0.05) is 42.5 Å². The third-order valence-corrected chi connectivity index (χ3v) is 6.26. The molecule has 0 bridgehead atoms. The summed E-state index contributed by atoms with van der Waals surface area (Å²) in [6.45, 7) is 1.83. The van der Waals surface area contributed by atoms with Gasteiger partial charge in [0, 0.05) is 17.7 Å². The second-order valence-corrected chi connectivity index (χ2v) is 8.63. The Bertz CT molecular complexity index is 1510. The van der Waals surface area contributed by atoms with Crippen LogP contribution in [0.2, 0.25) is 0 Å². The highest BCUT2D eigenvalue weighted by Crippen LogP contribution is 2.32. The molecule has 0 aliphatic carbocycles. The lowest BCUT2D eigenvalue weighted by Crippen LogP contribution is -2.56. The molecule has 3 aromatic carbocycles. The number of amides is 2. The van der Waals surface area contributed by atoms with E-state index in [1.165, 1.54) is 28.0 Å². The van der Waals surface area contributed by atoms with Gasteiger partial charge in [-0.25, -0.2) is 5.21 Å². The first kappa shape index (κ1) is 23.8. The monoisotopic (exact) mass is 510 g/mol. The molecule has 0 atom stereocenters. The summed E-state index contributed by atoms with van der Waals surface area (Å²) in [4.78, 5) is 40.9. The van der Waals surface area contributed by atoms with Gasteiger partial charge in [0.25, 0.3) is 16.7 Å². The van der Waals surface area contributed by atoms with Crippen LogP contribution < -0.4 is 9.80 Å². The van der Waals surface area contributed by atoms with Gasteiger partial charge in [0.05, 0.1) is 16.3 Å². The summed E-state index contributed by atoms with van der Waals surface area (Å²) in [5.41, 5.74) is 2.34. The van der Waals surface area contributed by atoms with Gasteiger partial charge in [-0.3, -0.25) is 19.4 Å². The minimum absolute atomic E-state index is 0.0417. The number of rotatable bonds is 5. The normalized spacial score (nSPS) is 13.8. The van der Waals surface area contributed by atoms with Gasteiger partial charge >= 0.3 is 5.69 Å². The summed E-state index contributed by atoms with van der Waals surface area (Å²) < 4.78 is 5.94. The number of aryl methyl sites for hydroxylation is 1. The van der Waals surface area contributed by atoms with E-state index in [4.69, 9.17) is 16.6 Å². The Hall–Kier alpha value is -4.89. The Labute approximate surface area is 217 Å². The van der Waals surface area contributed by atoms with Crippen molar-refractivity contribution in [3.63, 3.8) is 0 Å². The molecule has 1 N–H and O–H groups in total. The maximum absolute atomic E-state index is 13.6. The van der Waals surface area contributed by atoms with E-state index in [2.05, 4.69) is 0 Å². The summed E-state index contributed by atoms with van der Waals surface area (Å²) in [6, 6.07) is 25.6. The van der Waals surface area contributed by atoms with Gasteiger partial charge in [0.15, 0.2) is 5.11 Å². The number of para-hydroxylation sites is 2. The highest BCUT2D eigenvalue weighted by molar-refractivity contribution is 7.81. The van der Waals surface area contributed by atoms with Crippen LogP contribution in [0.5, 0.6) is 0 Å². The predicted octanol–water partition coefficient (Wildman–Crippen LogP) is 5.80. The summed E-state index contributed by atoms with van der Waals surface area (Å²) in [7, 11) is 0. The third kappa shape index (κ3) is 4.43. The molecule has 37 heavy (non-hydrogen) atoms. The van der Waals surface area contributed by atoms with E-state index in [1.54, 1.807) is 66.7 Å². The quantitative estimate of drug-likeness (QED) is 0.158. The SMILES string of the molecule is Cc1ccc([N+](=O)O)cc1-c1ccc(C=C2C(=O)N(c3ccccc3)C(=S)N(c3ccccc3)C2=O)o1. The molecule has 4 aromatic rings. The van der Waals surface area contributed by atoms with E-state index >= 15 is 0 Å². The van der Waals surface area contributed by atoms with E-state index in [9.17, 15) is 19.7 Å². The van der Waals surface area contributed by atoms with Gasteiger partial charge in [-0.15, -0.1) is 0 Å². The van der Waals surface area contributed by atoms with Crippen LogP contribution in [0.1, 0.15) is 11.3 Å². The number of anilines is 2. The maximum atomic E-state index is 13.6. The first-order chi connectivity index (χ1) is 17.8. The van der Waals surface area contributed by atoms with E-state index < -0.39 is 11.8 Å². The summed E-state index contributed by atoms with van der Waals surface area (Å²) in [5, 5.41) is 9.31. The van der Waals surface area contributed by atoms with Gasteiger partial charge in [0.1, 0.15) is 17.1 Å².